The maximum Gasteiger partial charge on any atom is 0.240 e. The molecule has 0 spiro atoms. The molecule has 1 atom stereocenters. The van der Waals surface area contributed by atoms with Crippen LogP contribution in [0.1, 0.15) is 29.7 Å². The fourth-order valence-electron chi connectivity index (χ4n) is 2.25. The number of amides is 1. The van der Waals surface area contributed by atoms with Gasteiger partial charge in [-0.3, -0.25) is 4.79 Å². The molecule has 0 aliphatic heterocycles. The summed E-state index contributed by atoms with van der Waals surface area (Å²) in [4.78, 5) is 18.6. The van der Waals surface area contributed by atoms with E-state index < -0.39 is 0 Å². The summed E-state index contributed by atoms with van der Waals surface area (Å²) in [5.41, 5.74) is 1.02. The smallest absolute Gasteiger partial charge is 0.240 e. The lowest BCUT2D eigenvalue weighted by Gasteiger charge is -2.20. The highest BCUT2D eigenvalue weighted by atomic mass is 32.2. The molecule has 5 heteroatoms. The van der Waals surface area contributed by atoms with Gasteiger partial charge in [0, 0.05) is 32.5 Å². The lowest BCUT2D eigenvalue weighted by atomic mass is 10.1. The maximum atomic E-state index is 12.5. The summed E-state index contributed by atoms with van der Waals surface area (Å²) in [6.45, 7) is 0. The lowest BCUT2D eigenvalue weighted by molar-refractivity contribution is -0.128. The van der Waals surface area contributed by atoms with Gasteiger partial charge >= 0.3 is 0 Å². The second-order valence-electron chi connectivity index (χ2n) is 5.49. The molecule has 1 saturated carbocycles. The molecule has 1 aliphatic carbocycles. The number of hydrogen-bond acceptors (Lipinski definition) is 3. The minimum absolute atomic E-state index is 0.0940. The van der Waals surface area contributed by atoms with Gasteiger partial charge in [-0.2, -0.15) is 0 Å². The van der Waals surface area contributed by atoms with Crippen LogP contribution < -0.4 is 0 Å². The molecule has 0 bridgehead atoms. The minimum atomic E-state index is -0.249. The summed E-state index contributed by atoms with van der Waals surface area (Å²) >= 11 is 1.54. The quantitative estimate of drug-likeness (QED) is 0.796. The van der Waals surface area contributed by atoms with Crippen molar-refractivity contribution >= 4 is 17.7 Å². The van der Waals surface area contributed by atoms with Crippen molar-refractivity contribution in [3.63, 3.8) is 0 Å². The molecule has 21 heavy (non-hydrogen) atoms. The second kappa shape index (κ2) is 5.93. The first kappa shape index (κ1) is 14.2. The van der Waals surface area contributed by atoms with Crippen molar-refractivity contribution in [3.8, 4) is 0 Å². The fourth-order valence-corrected chi connectivity index (χ4v) is 3.52. The lowest BCUT2D eigenvalue weighted by Crippen LogP contribution is -2.27. The third kappa shape index (κ3) is 3.13. The van der Waals surface area contributed by atoms with Gasteiger partial charge in [0.1, 0.15) is 5.25 Å². The second-order valence-corrected chi connectivity index (χ2v) is 6.56. The Balaban J connectivity index is 1.88. The molecule has 0 N–H and O–H groups in total. The Labute approximate surface area is 129 Å². The maximum absolute atomic E-state index is 12.5. The van der Waals surface area contributed by atoms with E-state index in [-0.39, 0.29) is 11.2 Å². The molecule has 2 aromatic rings. The van der Waals surface area contributed by atoms with Gasteiger partial charge in [0.05, 0.1) is 0 Å². The van der Waals surface area contributed by atoms with Gasteiger partial charge < -0.3 is 9.47 Å². The molecule has 1 fully saturated rings. The molecule has 110 valence electrons. The first-order chi connectivity index (χ1) is 10.2. The van der Waals surface area contributed by atoms with Crippen LogP contribution in [-0.4, -0.2) is 34.5 Å². The predicted molar refractivity (Wildman–Crippen MR) is 84.2 cm³/mol. The Morgan fingerprint density at radius 1 is 1.33 bits per heavy atom. The van der Waals surface area contributed by atoms with Crippen LogP contribution in [0.15, 0.2) is 47.9 Å². The highest BCUT2D eigenvalue weighted by molar-refractivity contribution is 8.00. The van der Waals surface area contributed by atoms with Crippen molar-refractivity contribution < 1.29 is 4.79 Å². The first-order valence-corrected chi connectivity index (χ1v) is 8.00. The SMILES string of the molecule is CN(C)C(=O)C(Sc1nccn1C1CC1)c1ccccc1. The molecular weight excluding hydrogens is 282 g/mol. The van der Waals surface area contributed by atoms with Crippen LogP contribution >= 0.6 is 11.8 Å². The molecular formula is C16H19N3OS. The third-order valence-corrected chi connectivity index (χ3v) is 4.80. The first-order valence-electron chi connectivity index (χ1n) is 7.12. The van der Waals surface area contributed by atoms with Crippen molar-refractivity contribution in [3.05, 3.63) is 48.3 Å². The van der Waals surface area contributed by atoms with Gasteiger partial charge in [-0.25, -0.2) is 4.98 Å². The van der Waals surface area contributed by atoms with Crippen LogP contribution in [0.5, 0.6) is 0 Å². The van der Waals surface area contributed by atoms with Crippen LogP contribution in [0.2, 0.25) is 0 Å². The van der Waals surface area contributed by atoms with E-state index in [1.807, 2.05) is 42.7 Å². The normalized spacial score (nSPS) is 15.7. The molecule has 4 nitrogen and oxygen atoms in total. The summed E-state index contributed by atoms with van der Waals surface area (Å²) in [5, 5.41) is 0.683. The summed E-state index contributed by atoms with van der Waals surface area (Å²) in [5.74, 6) is 0.0940. The van der Waals surface area contributed by atoms with E-state index in [1.165, 1.54) is 12.8 Å². The number of aromatic nitrogens is 2. The fraction of sp³-hybridized carbons (Fsp3) is 0.375. The van der Waals surface area contributed by atoms with Gasteiger partial charge in [-0.15, -0.1) is 0 Å². The zero-order valence-corrected chi connectivity index (χ0v) is 13.1. The number of nitrogens with zero attached hydrogens (tertiary/aromatic N) is 3. The average molecular weight is 301 g/mol. The summed E-state index contributed by atoms with van der Waals surface area (Å²) < 4.78 is 2.20. The van der Waals surface area contributed by atoms with Crippen molar-refractivity contribution in [2.75, 3.05) is 14.1 Å². The van der Waals surface area contributed by atoms with Crippen LogP contribution in [0, 0.1) is 0 Å². The summed E-state index contributed by atoms with van der Waals surface area (Å²) in [7, 11) is 3.60. The third-order valence-electron chi connectivity index (χ3n) is 3.56. The van der Waals surface area contributed by atoms with Crippen LogP contribution in [0.3, 0.4) is 0 Å². The summed E-state index contributed by atoms with van der Waals surface area (Å²) in [6.07, 6.45) is 6.26. The van der Waals surface area contributed by atoms with Crippen LogP contribution in [-0.2, 0) is 4.79 Å². The number of benzene rings is 1. The monoisotopic (exact) mass is 301 g/mol. The Morgan fingerprint density at radius 3 is 2.67 bits per heavy atom. The number of hydrogen-bond donors (Lipinski definition) is 0. The summed E-state index contributed by atoms with van der Waals surface area (Å²) in [6, 6.07) is 10.5. The largest absolute Gasteiger partial charge is 0.348 e. The Morgan fingerprint density at radius 2 is 2.05 bits per heavy atom. The molecule has 1 unspecified atom stereocenters. The number of rotatable bonds is 5. The van der Waals surface area contributed by atoms with E-state index in [2.05, 4.69) is 9.55 Å². The number of imidazole rings is 1. The van der Waals surface area contributed by atoms with E-state index in [0.717, 1.165) is 10.7 Å². The topological polar surface area (TPSA) is 38.1 Å². The van der Waals surface area contributed by atoms with Crippen molar-refractivity contribution in [2.45, 2.75) is 29.3 Å². The molecule has 1 aromatic heterocycles. The molecule has 1 heterocycles. The van der Waals surface area contributed by atoms with Gasteiger partial charge in [-0.1, -0.05) is 42.1 Å². The van der Waals surface area contributed by atoms with Gasteiger partial charge in [0.25, 0.3) is 0 Å². The molecule has 1 amide bonds. The number of thioether (sulfide) groups is 1. The Hall–Kier alpha value is -1.75. The highest BCUT2D eigenvalue weighted by Crippen LogP contribution is 2.41. The predicted octanol–water partition coefficient (Wildman–Crippen LogP) is 3.14. The van der Waals surface area contributed by atoms with Gasteiger partial charge in [0.2, 0.25) is 5.91 Å². The zero-order chi connectivity index (χ0) is 14.8. The Bertz CT molecular complexity index is 619. The molecule has 0 saturated heterocycles. The van der Waals surface area contributed by atoms with E-state index in [9.17, 15) is 4.79 Å². The Kier molecular flexibility index (Phi) is 4.01. The highest BCUT2D eigenvalue weighted by Gasteiger charge is 2.29. The van der Waals surface area contributed by atoms with Gasteiger partial charge in [0.15, 0.2) is 5.16 Å². The minimum Gasteiger partial charge on any atom is -0.348 e. The van der Waals surface area contributed by atoms with Crippen LogP contribution in [0.25, 0.3) is 0 Å². The van der Waals surface area contributed by atoms with Crippen LogP contribution in [0.4, 0.5) is 0 Å². The average Bonchev–Trinajstić information content (AvgIpc) is 3.24. The van der Waals surface area contributed by atoms with Crippen molar-refractivity contribution in [2.24, 2.45) is 0 Å². The molecule has 0 radical (unpaired) electrons. The number of carbonyl (C=O) groups excluding carboxylic acids is 1. The molecule has 1 aliphatic rings. The zero-order valence-electron chi connectivity index (χ0n) is 12.3. The van der Waals surface area contributed by atoms with Crippen molar-refractivity contribution in [1.82, 2.24) is 14.5 Å². The van der Waals surface area contributed by atoms with E-state index in [1.54, 1.807) is 30.8 Å². The van der Waals surface area contributed by atoms with Crippen molar-refractivity contribution in [1.29, 1.82) is 0 Å². The molecule has 1 aromatic carbocycles. The van der Waals surface area contributed by atoms with E-state index in [4.69, 9.17) is 0 Å². The number of carbonyl (C=O) groups is 1. The van der Waals surface area contributed by atoms with Gasteiger partial charge in [-0.05, 0) is 18.4 Å². The number of likely N-dealkylation sites (N-methyl/N-ethyl adjacent to an activating group) is 1. The molecule has 3 rings (SSSR count). The van der Waals surface area contributed by atoms with E-state index >= 15 is 0 Å². The standard InChI is InChI=1S/C16H19N3OS/c1-18(2)15(20)14(12-6-4-3-5-7-12)21-16-17-10-11-19(16)13-8-9-13/h3-7,10-11,13-14H,8-9H2,1-2H3. The van der Waals surface area contributed by atoms with E-state index in [0.29, 0.717) is 6.04 Å².